The van der Waals surface area contributed by atoms with Crippen molar-refractivity contribution in [3.8, 4) is 5.75 Å². The predicted octanol–water partition coefficient (Wildman–Crippen LogP) is 2.68. The van der Waals surface area contributed by atoms with Gasteiger partial charge in [0.25, 0.3) is 0 Å². The number of Topliss-reactive ketones (excluding diaryl/α,β-unsaturated/α-hetero) is 1. The van der Waals surface area contributed by atoms with Gasteiger partial charge >= 0.3 is 0 Å². The number of benzene rings is 1. The number of hydrogen-bond acceptors (Lipinski definition) is 3. The van der Waals surface area contributed by atoms with Crippen molar-refractivity contribution in [1.82, 2.24) is 4.90 Å². The quantitative estimate of drug-likeness (QED) is 0.835. The highest BCUT2D eigenvalue weighted by atomic mass is 16.3. The first kappa shape index (κ1) is 13.1. The lowest BCUT2D eigenvalue weighted by atomic mass is 10.0. The standard InChI is InChI=1S/C15H21NO2/c1-11-8-13(9-12(2)15(11)18)14(17)10-16-6-4-3-5-7-16/h8-9,18H,3-7,10H2,1-2H3. The lowest BCUT2D eigenvalue weighted by Crippen LogP contribution is -2.34. The summed E-state index contributed by atoms with van der Waals surface area (Å²) in [5, 5.41) is 9.71. The summed E-state index contributed by atoms with van der Waals surface area (Å²) in [4.78, 5) is 14.4. The smallest absolute Gasteiger partial charge is 0.176 e. The van der Waals surface area contributed by atoms with Gasteiger partial charge in [-0.3, -0.25) is 9.69 Å². The molecule has 1 saturated heterocycles. The van der Waals surface area contributed by atoms with E-state index in [0.29, 0.717) is 17.9 Å². The highest BCUT2D eigenvalue weighted by Crippen LogP contribution is 2.23. The highest BCUT2D eigenvalue weighted by molar-refractivity contribution is 5.98. The van der Waals surface area contributed by atoms with Gasteiger partial charge in [0.2, 0.25) is 0 Å². The Bertz CT molecular complexity index is 425. The molecule has 0 atom stereocenters. The maximum atomic E-state index is 12.2. The van der Waals surface area contributed by atoms with Gasteiger partial charge in [-0.15, -0.1) is 0 Å². The second-order valence-corrected chi connectivity index (χ2v) is 5.22. The number of carbonyl (C=O) groups is 1. The van der Waals surface area contributed by atoms with Gasteiger partial charge in [-0.25, -0.2) is 0 Å². The number of hydrogen-bond donors (Lipinski definition) is 1. The molecule has 0 aliphatic carbocycles. The van der Waals surface area contributed by atoms with Gasteiger partial charge < -0.3 is 5.11 Å². The molecule has 3 nitrogen and oxygen atoms in total. The third-order valence-corrected chi connectivity index (χ3v) is 3.63. The van der Waals surface area contributed by atoms with Crippen molar-refractivity contribution in [2.45, 2.75) is 33.1 Å². The van der Waals surface area contributed by atoms with E-state index in [2.05, 4.69) is 4.90 Å². The average molecular weight is 247 g/mol. The van der Waals surface area contributed by atoms with Crippen molar-refractivity contribution in [1.29, 1.82) is 0 Å². The van der Waals surface area contributed by atoms with Crippen LogP contribution >= 0.6 is 0 Å². The van der Waals surface area contributed by atoms with Gasteiger partial charge in [0.05, 0.1) is 6.54 Å². The molecule has 1 aromatic rings. The van der Waals surface area contributed by atoms with Crippen molar-refractivity contribution in [3.63, 3.8) is 0 Å². The molecule has 1 aliphatic heterocycles. The molecule has 1 aromatic carbocycles. The molecule has 0 unspecified atom stereocenters. The Morgan fingerprint density at radius 2 is 1.72 bits per heavy atom. The SMILES string of the molecule is Cc1cc(C(=O)CN2CCCCC2)cc(C)c1O. The zero-order valence-corrected chi connectivity index (χ0v) is 11.2. The number of rotatable bonds is 3. The minimum Gasteiger partial charge on any atom is -0.507 e. The third kappa shape index (κ3) is 2.91. The minimum absolute atomic E-state index is 0.156. The molecule has 1 heterocycles. The summed E-state index contributed by atoms with van der Waals surface area (Å²) in [6.07, 6.45) is 3.67. The fraction of sp³-hybridized carbons (Fsp3) is 0.533. The maximum absolute atomic E-state index is 12.2. The molecule has 0 spiro atoms. The monoisotopic (exact) mass is 247 g/mol. The zero-order valence-electron chi connectivity index (χ0n) is 11.2. The first-order valence-corrected chi connectivity index (χ1v) is 6.63. The number of phenolic OH excluding ortho intramolecular Hbond substituents is 1. The summed E-state index contributed by atoms with van der Waals surface area (Å²) < 4.78 is 0. The molecule has 98 valence electrons. The van der Waals surface area contributed by atoms with Crippen LogP contribution < -0.4 is 0 Å². The van der Waals surface area contributed by atoms with E-state index in [1.54, 1.807) is 12.1 Å². The van der Waals surface area contributed by atoms with Crippen molar-refractivity contribution in [2.75, 3.05) is 19.6 Å². The van der Waals surface area contributed by atoms with Crippen molar-refractivity contribution >= 4 is 5.78 Å². The van der Waals surface area contributed by atoms with Gasteiger partial charge in [-0.05, 0) is 63.0 Å². The molecular formula is C15H21NO2. The van der Waals surface area contributed by atoms with E-state index in [0.717, 1.165) is 24.2 Å². The molecule has 0 radical (unpaired) electrons. The number of piperidine rings is 1. The molecule has 2 rings (SSSR count). The van der Waals surface area contributed by atoms with Crippen molar-refractivity contribution in [3.05, 3.63) is 28.8 Å². The van der Waals surface area contributed by atoms with Crippen LogP contribution in [-0.4, -0.2) is 35.4 Å². The van der Waals surface area contributed by atoms with Crippen LogP contribution in [0.4, 0.5) is 0 Å². The maximum Gasteiger partial charge on any atom is 0.176 e. The molecular weight excluding hydrogens is 226 g/mol. The first-order chi connectivity index (χ1) is 8.58. The fourth-order valence-corrected chi connectivity index (χ4v) is 2.53. The second kappa shape index (κ2) is 5.53. The molecule has 18 heavy (non-hydrogen) atoms. The molecule has 1 fully saturated rings. The summed E-state index contributed by atoms with van der Waals surface area (Å²) in [6.45, 7) is 6.23. The lowest BCUT2D eigenvalue weighted by Gasteiger charge is -2.25. The molecule has 3 heteroatoms. The Balaban J connectivity index is 2.08. The third-order valence-electron chi connectivity index (χ3n) is 3.63. The number of nitrogens with zero attached hydrogens (tertiary/aromatic N) is 1. The number of phenols is 1. The lowest BCUT2D eigenvalue weighted by molar-refractivity contribution is 0.0915. The van der Waals surface area contributed by atoms with Crippen LogP contribution in [0.25, 0.3) is 0 Å². The van der Waals surface area contributed by atoms with E-state index in [9.17, 15) is 9.90 Å². The van der Waals surface area contributed by atoms with Crippen LogP contribution in [-0.2, 0) is 0 Å². The molecule has 1 N–H and O–H groups in total. The van der Waals surface area contributed by atoms with E-state index >= 15 is 0 Å². The van der Waals surface area contributed by atoms with Gasteiger partial charge in [0.1, 0.15) is 5.75 Å². The molecule has 0 saturated carbocycles. The van der Waals surface area contributed by atoms with Crippen LogP contribution in [0.5, 0.6) is 5.75 Å². The Morgan fingerprint density at radius 3 is 2.28 bits per heavy atom. The number of ketones is 1. The van der Waals surface area contributed by atoms with Gasteiger partial charge in [-0.2, -0.15) is 0 Å². The number of aromatic hydroxyl groups is 1. The van der Waals surface area contributed by atoms with Gasteiger partial charge in [-0.1, -0.05) is 6.42 Å². The normalized spacial score (nSPS) is 16.8. The molecule has 1 aliphatic rings. The van der Waals surface area contributed by atoms with Crippen LogP contribution in [0.3, 0.4) is 0 Å². The van der Waals surface area contributed by atoms with E-state index in [4.69, 9.17) is 0 Å². The van der Waals surface area contributed by atoms with Crippen LogP contribution in [0.1, 0.15) is 40.7 Å². The molecule has 0 aromatic heterocycles. The summed E-state index contributed by atoms with van der Waals surface area (Å²) in [7, 11) is 0. The van der Waals surface area contributed by atoms with E-state index < -0.39 is 0 Å². The molecule has 0 amide bonds. The topological polar surface area (TPSA) is 40.5 Å². The zero-order chi connectivity index (χ0) is 13.1. The Hall–Kier alpha value is -1.35. The van der Waals surface area contributed by atoms with E-state index in [1.807, 2.05) is 13.8 Å². The Morgan fingerprint density at radius 1 is 1.17 bits per heavy atom. The van der Waals surface area contributed by atoms with E-state index in [-0.39, 0.29) is 5.78 Å². The van der Waals surface area contributed by atoms with Crippen LogP contribution in [0.2, 0.25) is 0 Å². The highest BCUT2D eigenvalue weighted by Gasteiger charge is 2.16. The second-order valence-electron chi connectivity index (χ2n) is 5.22. The van der Waals surface area contributed by atoms with Crippen LogP contribution in [0, 0.1) is 13.8 Å². The van der Waals surface area contributed by atoms with Crippen molar-refractivity contribution < 1.29 is 9.90 Å². The minimum atomic E-state index is 0.156. The van der Waals surface area contributed by atoms with E-state index in [1.165, 1.54) is 19.3 Å². The number of carbonyl (C=O) groups excluding carboxylic acids is 1. The fourth-order valence-electron chi connectivity index (χ4n) is 2.53. The predicted molar refractivity (Wildman–Crippen MR) is 72.2 cm³/mol. The van der Waals surface area contributed by atoms with Gasteiger partial charge in [0.15, 0.2) is 5.78 Å². The summed E-state index contributed by atoms with van der Waals surface area (Å²) in [5.74, 6) is 0.452. The van der Waals surface area contributed by atoms with Crippen LogP contribution in [0.15, 0.2) is 12.1 Å². The largest absolute Gasteiger partial charge is 0.507 e. The summed E-state index contributed by atoms with van der Waals surface area (Å²) in [6, 6.07) is 3.57. The number of aryl methyl sites for hydroxylation is 2. The summed E-state index contributed by atoms with van der Waals surface area (Å²) >= 11 is 0. The molecule has 0 bridgehead atoms. The van der Waals surface area contributed by atoms with Gasteiger partial charge in [0, 0.05) is 5.56 Å². The Labute approximate surface area is 108 Å². The average Bonchev–Trinajstić information content (AvgIpc) is 2.36. The van der Waals surface area contributed by atoms with Crippen molar-refractivity contribution in [2.24, 2.45) is 0 Å². The first-order valence-electron chi connectivity index (χ1n) is 6.63. The Kier molecular flexibility index (Phi) is 4.02. The number of likely N-dealkylation sites (tertiary alicyclic amines) is 1. The summed E-state index contributed by atoms with van der Waals surface area (Å²) in [5.41, 5.74) is 2.27.